The first-order chi connectivity index (χ1) is 15.6. The van der Waals surface area contributed by atoms with Crippen molar-refractivity contribution in [3.8, 4) is 28.6 Å². The van der Waals surface area contributed by atoms with Crippen LogP contribution in [-0.2, 0) is 0 Å². The number of methoxy groups -OCH3 is 1. The highest BCUT2D eigenvalue weighted by atomic mass is 16.5. The topological polar surface area (TPSA) is 86.2 Å². The standard InChI is InChI=1S/C25H22N4O3/c1-16-6-11-21(29-24(30)18-7-9-19(31-3)10-8-18)17(2)23(16)32-25-20(5-4-13-27-25)22-12-14-26-15-28-22/h4-15H,1-3H3,(H,29,30). The first kappa shape index (κ1) is 21.0. The van der Waals surface area contributed by atoms with Gasteiger partial charge in [-0.15, -0.1) is 0 Å². The maximum Gasteiger partial charge on any atom is 0.255 e. The number of nitrogens with one attached hydrogen (secondary N) is 1. The first-order valence-corrected chi connectivity index (χ1v) is 10.0. The highest BCUT2D eigenvalue weighted by molar-refractivity contribution is 6.04. The van der Waals surface area contributed by atoms with Crippen LogP contribution in [-0.4, -0.2) is 28.0 Å². The van der Waals surface area contributed by atoms with Crippen molar-refractivity contribution < 1.29 is 14.3 Å². The van der Waals surface area contributed by atoms with Gasteiger partial charge in [-0.25, -0.2) is 15.0 Å². The molecule has 0 aliphatic carbocycles. The van der Waals surface area contributed by atoms with E-state index in [1.165, 1.54) is 6.33 Å². The van der Waals surface area contributed by atoms with Gasteiger partial charge in [0.1, 0.15) is 17.8 Å². The molecule has 0 bridgehead atoms. The Morgan fingerprint density at radius 2 is 1.75 bits per heavy atom. The molecule has 2 heterocycles. The van der Waals surface area contributed by atoms with Crippen molar-refractivity contribution in [3.63, 3.8) is 0 Å². The zero-order chi connectivity index (χ0) is 22.5. The van der Waals surface area contributed by atoms with Gasteiger partial charge in [0.25, 0.3) is 5.91 Å². The zero-order valence-electron chi connectivity index (χ0n) is 18.0. The van der Waals surface area contributed by atoms with E-state index in [4.69, 9.17) is 9.47 Å². The van der Waals surface area contributed by atoms with Crippen molar-refractivity contribution in [1.29, 1.82) is 0 Å². The Morgan fingerprint density at radius 1 is 0.938 bits per heavy atom. The van der Waals surface area contributed by atoms with E-state index in [-0.39, 0.29) is 5.91 Å². The minimum absolute atomic E-state index is 0.218. The van der Waals surface area contributed by atoms with Crippen molar-refractivity contribution in [2.75, 3.05) is 12.4 Å². The third kappa shape index (κ3) is 4.41. The van der Waals surface area contributed by atoms with Gasteiger partial charge in [-0.3, -0.25) is 4.79 Å². The lowest BCUT2D eigenvalue weighted by Crippen LogP contribution is -2.13. The van der Waals surface area contributed by atoms with Crippen molar-refractivity contribution in [3.05, 3.63) is 90.0 Å². The largest absolute Gasteiger partial charge is 0.497 e. The highest BCUT2D eigenvalue weighted by Crippen LogP contribution is 2.36. The molecule has 4 rings (SSSR count). The summed E-state index contributed by atoms with van der Waals surface area (Å²) in [5.41, 5.74) is 4.37. The molecule has 0 saturated carbocycles. The maximum absolute atomic E-state index is 12.7. The van der Waals surface area contributed by atoms with E-state index in [1.807, 2.05) is 38.1 Å². The quantitative estimate of drug-likeness (QED) is 0.456. The van der Waals surface area contributed by atoms with Gasteiger partial charge in [-0.1, -0.05) is 6.07 Å². The number of benzene rings is 2. The van der Waals surface area contributed by atoms with Gasteiger partial charge >= 0.3 is 0 Å². The molecule has 1 amide bonds. The van der Waals surface area contributed by atoms with Gasteiger partial charge in [-0.05, 0) is 67.9 Å². The molecule has 160 valence electrons. The Labute approximate surface area is 186 Å². The number of amides is 1. The van der Waals surface area contributed by atoms with Gasteiger partial charge in [0.15, 0.2) is 0 Å². The second-order valence-electron chi connectivity index (χ2n) is 7.12. The van der Waals surface area contributed by atoms with Gasteiger partial charge < -0.3 is 14.8 Å². The van der Waals surface area contributed by atoms with Crippen LogP contribution in [0.3, 0.4) is 0 Å². The minimum Gasteiger partial charge on any atom is -0.497 e. The molecule has 4 aromatic rings. The van der Waals surface area contributed by atoms with Crippen molar-refractivity contribution in [2.24, 2.45) is 0 Å². The number of carbonyl (C=O) groups excluding carboxylic acids is 1. The van der Waals surface area contributed by atoms with Gasteiger partial charge in [0.05, 0.1) is 18.4 Å². The number of hydrogen-bond acceptors (Lipinski definition) is 6. The number of ether oxygens (including phenoxy) is 2. The van der Waals surface area contributed by atoms with Gasteiger partial charge in [0, 0.05) is 29.2 Å². The predicted octanol–water partition coefficient (Wildman–Crippen LogP) is 5.21. The summed E-state index contributed by atoms with van der Waals surface area (Å²) < 4.78 is 11.4. The van der Waals surface area contributed by atoms with Crippen LogP contribution in [0.2, 0.25) is 0 Å². The lowest BCUT2D eigenvalue weighted by molar-refractivity contribution is 0.102. The molecule has 0 saturated heterocycles. The fourth-order valence-electron chi connectivity index (χ4n) is 3.27. The van der Waals surface area contributed by atoms with Crippen molar-refractivity contribution in [1.82, 2.24) is 15.0 Å². The lowest BCUT2D eigenvalue weighted by Gasteiger charge is -2.17. The molecular weight excluding hydrogens is 404 g/mol. The van der Waals surface area contributed by atoms with E-state index in [9.17, 15) is 4.79 Å². The van der Waals surface area contributed by atoms with Crippen LogP contribution in [0.5, 0.6) is 17.4 Å². The summed E-state index contributed by atoms with van der Waals surface area (Å²) in [6.07, 6.45) is 4.82. The molecule has 0 spiro atoms. The van der Waals surface area contributed by atoms with E-state index >= 15 is 0 Å². The van der Waals surface area contributed by atoms with Gasteiger partial charge in [0.2, 0.25) is 5.88 Å². The number of nitrogens with zero attached hydrogens (tertiary/aromatic N) is 3. The molecule has 2 aromatic heterocycles. The number of hydrogen-bond donors (Lipinski definition) is 1. The molecule has 0 aliphatic heterocycles. The van der Waals surface area contributed by atoms with Crippen LogP contribution in [0, 0.1) is 13.8 Å². The number of aryl methyl sites for hydroxylation is 1. The number of carbonyl (C=O) groups is 1. The Hall–Kier alpha value is -4.26. The summed E-state index contributed by atoms with van der Waals surface area (Å²) >= 11 is 0. The van der Waals surface area contributed by atoms with Crippen LogP contribution in [0.4, 0.5) is 5.69 Å². The number of rotatable bonds is 6. The summed E-state index contributed by atoms with van der Waals surface area (Å²) in [6, 6.07) is 16.2. The lowest BCUT2D eigenvalue weighted by atomic mass is 10.1. The second-order valence-corrected chi connectivity index (χ2v) is 7.12. The summed E-state index contributed by atoms with van der Waals surface area (Å²) in [7, 11) is 1.59. The fraction of sp³-hybridized carbons (Fsp3) is 0.120. The molecule has 0 aliphatic rings. The minimum atomic E-state index is -0.218. The molecule has 0 atom stereocenters. The van der Waals surface area contributed by atoms with Crippen LogP contribution in [0.15, 0.2) is 73.3 Å². The molecular formula is C25H22N4O3. The van der Waals surface area contributed by atoms with E-state index in [2.05, 4.69) is 20.3 Å². The Balaban J connectivity index is 1.63. The van der Waals surface area contributed by atoms with Gasteiger partial charge in [-0.2, -0.15) is 0 Å². The SMILES string of the molecule is COc1ccc(C(=O)Nc2ccc(C)c(Oc3ncccc3-c3ccncn3)c2C)cc1. The third-order valence-corrected chi connectivity index (χ3v) is 5.03. The highest BCUT2D eigenvalue weighted by Gasteiger charge is 2.16. The van der Waals surface area contributed by atoms with E-state index in [0.717, 1.165) is 16.7 Å². The molecule has 0 fully saturated rings. The number of pyridine rings is 1. The second kappa shape index (κ2) is 9.26. The molecule has 0 unspecified atom stereocenters. The monoisotopic (exact) mass is 426 g/mol. The van der Waals surface area contributed by atoms with Crippen molar-refractivity contribution >= 4 is 11.6 Å². The average molecular weight is 426 g/mol. The summed E-state index contributed by atoms with van der Waals surface area (Å²) in [5, 5.41) is 2.96. The number of aromatic nitrogens is 3. The van der Waals surface area contributed by atoms with Crippen LogP contribution in [0.25, 0.3) is 11.3 Å². The van der Waals surface area contributed by atoms with Crippen LogP contribution in [0.1, 0.15) is 21.5 Å². The fourth-order valence-corrected chi connectivity index (χ4v) is 3.27. The molecule has 2 aromatic carbocycles. The van der Waals surface area contributed by atoms with Crippen molar-refractivity contribution in [2.45, 2.75) is 13.8 Å². The third-order valence-electron chi connectivity index (χ3n) is 5.03. The first-order valence-electron chi connectivity index (χ1n) is 10.0. The summed E-state index contributed by atoms with van der Waals surface area (Å²) in [4.78, 5) is 25.4. The number of anilines is 1. The average Bonchev–Trinajstić information content (AvgIpc) is 2.84. The maximum atomic E-state index is 12.7. The Morgan fingerprint density at radius 3 is 2.47 bits per heavy atom. The Kier molecular flexibility index (Phi) is 6.07. The molecule has 1 N–H and O–H groups in total. The van der Waals surface area contributed by atoms with E-state index in [0.29, 0.717) is 34.3 Å². The molecule has 0 radical (unpaired) electrons. The van der Waals surface area contributed by atoms with Crippen LogP contribution >= 0.6 is 0 Å². The predicted molar refractivity (Wildman–Crippen MR) is 122 cm³/mol. The molecule has 7 heteroatoms. The summed E-state index contributed by atoms with van der Waals surface area (Å²) in [5.74, 6) is 1.53. The summed E-state index contributed by atoms with van der Waals surface area (Å²) in [6.45, 7) is 3.85. The van der Waals surface area contributed by atoms with Crippen LogP contribution < -0.4 is 14.8 Å². The van der Waals surface area contributed by atoms with E-state index in [1.54, 1.807) is 49.8 Å². The molecule has 32 heavy (non-hydrogen) atoms. The normalized spacial score (nSPS) is 10.5. The smallest absolute Gasteiger partial charge is 0.255 e. The zero-order valence-corrected chi connectivity index (χ0v) is 18.0. The molecule has 7 nitrogen and oxygen atoms in total. The van der Waals surface area contributed by atoms with E-state index < -0.39 is 0 Å². The Bertz CT molecular complexity index is 1240.